The maximum absolute atomic E-state index is 11.6. The van der Waals surface area contributed by atoms with Crippen molar-refractivity contribution in [1.29, 1.82) is 0 Å². The molecule has 0 saturated carbocycles. The predicted molar refractivity (Wildman–Crippen MR) is 77.3 cm³/mol. The molecule has 114 valence electrons. The number of nitrogens with one attached hydrogen (secondary N) is 3. The SMILES string of the molecule is CC(C)(C)NCc1nnc(NCC(=O)NC(C)(C)C)o1. The highest BCUT2D eigenvalue weighted by Crippen LogP contribution is 2.07. The van der Waals surface area contributed by atoms with Crippen molar-refractivity contribution in [3.05, 3.63) is 5.89 Å². The summed E-state index contributed by atoms with van der Waals surface area (Å²) in [4.78, 5) is 11.6. The highest BCUT2D eigenvalue weighted by Gasteiger charge is 2.15. The average molecular weight is 283 g/mol. The summed E-state index contributed by atoms with van der Waals surface area (Å²) < 4.78 is 5.38. The molecule has 0 radical (unpaired) electrons. The molecule has 7 nitrogen and oxygen atoms in total. The lowest BCUT2D eigenvalue weighted by Crippen LogP contribution is -2.43. The standard InChI is InChI=1S/C13H25N5O2/c1-12(2,3)15-8-10-17-18-11(20-10)14-7-9(19)16-13(4,5)6/h15H,7-8H2,1-6H3,(H,14,18)(H,16,19). The number of nitrogens with zero attached hydrogens (tertiary/aromatic N) is 2. The molecule has 1 aromatic heterocycles. The first-order valence-corrected chi connectivity index (χ1v) is 6.67. The molecule has 1 amide bonds. The third kappa shape index (κ3) is 7.08. The molecule has 0 bridgehead atoms. The third-order valence-corrected chi connectivity index (χ3v) is 2.15. The summed E-state index contributed by atoms with van der Waals surface area (Å²) in [5.41, 5.74) is -0.274. The van der Waals surface area contributed by atoms with Crippen LogP contribution in [-0.2, 0) is 11.3 Å². The first-order chi connectivity index (χ1) is 9.05. The Labute approximate surface area is 119 Å². The van der Waals surface area contributed by atoms with Crippen molar-refractivity contribution in [2.75, 3.05) is 11.9 Å². The van der Waals surface area contributed by atoms with Crippen molar-refractivity contribution < 1.29 is 9.21 Å². The number of carbonyl (C=O) groups excluding carboxylic acids is 1. The van der Waals surface area contributed by atoms with Gasteiger partial charge < -0.3 is 20.4 Å². The molecule has 7 heteroatoms. The van der Waals surface area contributed by atoms with E-state index in [1.807, 2.05) is 20.8 Å². The number of hydrogen-bond donors (Lipinski definition) is 3. The fourth-order valence-electron chi connectivity index (χ4n) is 1.36. The quantitative estimate of drug-likeness (QED) is 0.754. The van der Waals surface area contributed by atoms with Gasteiger partial charge in [-0.25, -0.2) is 0 Å². The van der Waals surface area contributed by atoms with Crippen molar-refractivity contribution in [3.8, 4) is 0 Å². The summed E-state index contributed by atoms with van der Waals surface area (Å²) >= 11 is 0. The van der Waals surface area contributed by atoms with Crippen LogP contribution in [0.4, 0.5) is 6.01 Å². The Kier molecular flexibility index (Phi) is 5.10. The molecule has 0 aliphatic heterocycles. The van der Waals surface area contributed by atoms with Crippen LogP contribution < -0.4 is 16.0 Å². The topological polar surface area (TPSA) is 92.1 Å². The molecule has 1 heterocycles. The lowest BCUT2D eigenvalue weighted by Gasteiger charge is -2.20. The molecule has 0 fully saturated rings. The second-order valence-electron chi connectivity index (χ2n) is 6.76. The number of rotatable bonds is 5. The number of hydrogen-bond acceptors (Lipinski definition) is 6. The minimum Gasteiger partial charge on any atom is -0.407 e. The van der Waals surface area contributed by atoms with Crippen LogP contribution in [0.15, 0.2) is 4.42 Å². The van der Waals surface area contributed by atoms with Crippen LogP contribution in [0.2, 0.25) is 0 Å². The monoisotopic (exact) mass is 283 g/mol. The smallest absolute Gasteiger partial charge is 0.315 e. The van der Waals surface area contributed by atoms with Crippen LogP contribution in [0.1, 0.15) is 47.4 Å². The number of aromatic nitrogens is 2. The zero-order valence-electron chi connectivity index (χ0n) is 13.1. The number of amides is 1. The highest BCUT2D eigenvalue weighted by molar-refractivity contribution is 5.80. The Hall–Kier alpha value is -1.63. The largest absolute Gasteiger partial charge is 0.407 e. The third-order valence-electron chi connectivity index (χ3n) is 2.15. The molecule has 20 heavy (non-hydrogen) atoms. The zero-order chi connectivity index (χ0) is 15.4. The lowest BCUT2D eigenvalue weighted by atomic mass is 10.1. The van der Waals surface area contributed by atoms with E-state index < -0.39 is 0 Å². The van der Waals surface area contributed by atoms with Crippen LogP contribution >= 0.6 is 0 Å². The molecule has 1 aromatic rings. The Balaban J connectivity index is 2.39. The van der Waals surface area contributed by atoms with Gasteiger partial charge in [-0.1, -0.05) is 5.10 Å². The van der Waals surface area contributed by atoms with Crippen molar-refractivity contribution >= 4 is 11.9 Å². The van der Waals surface area contributed by atoms with Crippen LogP contribution in [-0.4, -0.2) is 33.7 Å². The van der Waals surface area contributed by atoms with Gasteiger partial charge in [0.25, 0.3) is 0 Å². The van der Waals surface area contributed by atoms with Crippen LogP contribution in [0.25, 0.3) is 0 Å². The Morgan fingerprint density at radius 2 is 1.75 bits per heavy atom. The summed E-state index contributed by atoms with van der Waals surface area (Å²) in [5, 5.41) is 16.6. The molecular weight excluding hydrogens is 258 g/mol. The second kappa shape index (κ2) is 6.21. The maximum Gasteiger partial charge on any atom is 0.315 e. The molecule has 0 aliphatic carbocycles. The van der Waals surface area contributed by atoms with E-state index in [1.165, 1.54) is 0 Å². The van der Waals surface area contributed by atoms with Crippen LogP contribution in [0, 0.1) is 0 Å². The van der Waals surface area contributed by atoms with Gasteiger partial charge in [0, 0.05) is 11.1 Å². The highest BCUT2D eigenvalue weighted by atomic mass is 16.4. The minimum absolute atomic E-state index is 0.0192. The molecular formula is C13H25N5O2. The first kappa shape index (κ1) is 16.4. The molecule has 0 unspecified atom stereocenters. The van der Waals surface area contributed by atoms with Crippen LogP contribution in [0.5, 0.6) is 0 Å². The van der Waals surface area contributed by atoms with Gasteiger partial charge in [-0.3, -0.25) is 4.79 Å². The number of anilines is 1. The molecule has 3 N–H and O–H groups in total. The molecule has 0 aromatic carbocycles. The van der Waals surface area contributed by atoms with Gasteiger partial charge in [0.2, 0.25) is 11.8 Å². The number of carbonyl (C=O) groups is 1. The average Bonchev–Trinajstić information content (AvgIpc) is 2.68. The van der Waals surface area contributed by atoms with Gasteiger partial charge in [0.15, 0.2) is 0 Å². The normalized spacial score (nSPS) is 12.3. The van der Waals surface area contributed by atoms with Gasteiger partial charge in [-0.15, -0.1) is 5.10 Å². The van der Waals surface area contributed by atoms with Gasteiger partial charge in [-0.05, 0) is 41.5 Å². The lowest BCUT2D eigenvalue weighted by molar-refractivity contribution is -0.120. The van der Waals surface area contributed by atoms with Gasteiger partial charge in [0.1, 0.15) is 0 Å². The van der Waals surface area contributed by atoms with Crippen molar-refractivity contribution in [1.82, 2.24) is 20.8 Å². The van der Waals surface area contributed by atoms with E-state index in [1.54, 1.807) is 0 Å². The van der Waals surface area contributed by atoms with Crippen LogP contribution in [0.3, 0.4) is 0 Å². The Morgan fingerprint density at radius 1 is 1.10 bits per heavy atom. The second-order valence-corrected chi connectivity index (χ2v) is 6.76. The molecule has 0 atom stereocenters. The molecule has 0 aliphatic rings. The van der Waals surface area contributed by atoms with Crippen molar-refractivity contribution in [3.63, 3.8) is 0 Å². The summed E-state index contributed by atoms with van der Waals surface area (Å²) in [7, 11) is 0. The van der Waals surface area contributed by atoms with E-state index in [0.717, 1.165) is 0 Å². The van der Waals surface area contributed by atoms with E-state index in [9.17, 15) is 4.79 Å². The maximum atomic E-state index is 11.6. The van der Waals surface area contributed by atoms with Gasteiger partial charge in [-0.2, -0.15) is 0 Å². The zero-order valence-corrected chi connectivity index (χ0v) is 13.1. The van der Waals surface area contributed by atoms with Gasteiger partial charge >= 0.3 is 6.01 Å². The van der Waals surface area contributed by atoms with Gasteiger partial charge in [0.05, 0.1) is 13.1 Å². The first-order valence-electron chi connectivity index (χ1n) is 6.67. The Morgan fingerprint density at radius 3 is 2.30 bits per heavy atom. The van der Waals surface area contributed by atoms with E-state index in [0.29, 0.717) is 12.4 Å². The molecule has 0 spiro atoms. The predicted octanol–water partition coefficient (Wildman–Crippen LogP) is 1.28. The Bertz CT molecular complexity index is 442. The fourth-order valence-corrected chi connectivity index (χ4v) is 1.36. The van der Waals surface area contributed by atoms with E-state index >= 15 is 0 Å². The van der Waals surface area contributed by atoms with E-state index in [-0.39, 0.29) is 29.5 Å². The fraction of sp³-hybridized carbons (Fsp3) is 0.769. The van der Waals surface area contributed by atoms with Crippen molar-refractivity contribution in [2.45, 2.75) is 59.2 Å². The summed E-state index contributed by atoms with van der Waals surface area (Å²) in [6, 6.07) is 0.250. The minimum atomic E-state index is -0.255. The summed E-state index contributed by atoms with van der Waals surface area (Å²) in [6.07, 6.45) is 0. The van der Waals surface area contributed by atoms with E-state index in [2.05, 4.69) is 46.9 Å². The van der Waals surface area contributed by atoms with E-state index in [4.69, 9.17) is 4.42 Å². The molecule has 0 saturated heterocycles. The molecule has 1 rings (SSSR count). The summed E-state index contributed by atoms with van der Waals surface area (Å²) in [5.74, 6) is 0.365. The summed E-state index contributed by atoms with van der Waals surface area (Å²) in [6.45, 7) is 12.5. The van der Waals surface area contributed by atoms with Crippen molar-refractivity contribution in [2.24, 2.45) is 0 Å².